The van der Waals surface area contributed by atoms with Gasteiger partial charge >= 0.3 is 5.97 Å². The second kappa shape index (κ2) is 13.4. The number of nitrogens with one attached hydrogen (secondary N) is 1. The molecular weight excluding hydrogens is 426 g/mol. The maximum atomic E-state index is 10.6. The number of benzene rings is 1. The van der Waals surface area contributed by atoms with Crippen LogP contribution < -0.4 is 10.1 Å². The summed E-state index contributed by atoms with van der Waals surface area (Å²) in [6.07, 6.45) is 13.5. The second-order valence-electron chi connectivity index (χ2n) is 8.52. The standard InChI is InChI=1S/C25H35NO5S/c27-24(28)14-7-2-1-6-12-20-21(23-16-15-22(20)31-23)13-8-9-17-29-25(32)26-18-30-19-10-4-3-5-11-19/h1,3-6,10-11,20-23H,2,7-9,12-18H2,(H,26,32)(H,27,28)/b6-1-/t20-,21+,22-,23+/m1/s1. The van der Waals surface area contributed by atoms with Crippen LogP contribution in [-0.2, 0) is 14.3 Å². The van der Waals surface area contributed by atoms with E-state index in [-0.39, 0.29) is 13.2 Å². The highest BCUT2D eigenvalue weighted by molar-refractivity contribution is 7.80. The van der Waals surface area contributed by atoms with Crippen molar-refractivity contribution >= 4 is 23.4 Å². The van der Waals surface area contributed by atoms with Crippen molar-refractivity contribution in [1.29, 1.82) is 0 Å². The Labute approximate surface area is 196 Å². The summed E-state index contributed by atoms with van der Waals surface area (Å²) < 4.78 is 17.4. The molecule has 0 saturated carbocycles. The first kappa shape index (κ1) is 24.5. The lowest BCUT2D eigenvalue weighted by molar-refractivity contribution is -0.137. The molecule has 2 saturated heterocycles. The minimum Gasteiger partial charge on any atom is -0.481 e. The van der Waals surface area contributed by atoms with Crippen LogP contribution in [0.25, 0.3) is 0 Å². The predicted molar refractivity (Wildman–Crippen MR) is 128 cm³/mol. The average molecular weight is 462 g/mol. The Bertz CT molecular complexity index is 741. The molecule has 3 rings (SSSR count). The van der Waals surface area contributed by atoms with E-state index >= 15 is 0 Å². The lowest BCUT2D eigenvalue weighted by atomic mass is 9.75. The predicted octanol–water partition coefficient (Wildman–Crippen LogP) is 5.08. The number of para-hydroxylation sites is 1. The summed E-state index contributed by atoms with van der Waals surface area (Å²) in [6, 6.07) is 9.59. The van der Waals surface area contributed by atoms with Crippen LogP contribution >= 0.6 is 12.2 Å². The highest BCUT2D eigenvalue weighted by Crippen LogP contribution is 2.47. The van der Waals surface area contributed by atoms with Crippen LogP contribution in [-0.4, -0.2) is 41.8 Å². The number of unbranched alkanes of at least 4 members (excludes halogenated alkanes) is 2. The van der Waals surface area contributed by atoms with Crippen LogP contribution in [0.4, 0.5) is 0 Å². The molecule has 7 heteroatoms. The fourth-order valence-electron chi connectivity index (χ4n) is 4.73. The van der Waals surface area contributed by atoms with Crippen LogP contribution in [0.2, 0.25) is 0 Å². The molecule has 0 spiro atoms. The van der Waals surface area contributed by atoms with Crippen molar-refractivity contribution in [2.45, 2.75) is 70.0 Å². The average Bonchev–Trinajstić information content (AvgIpc) is 3.38. The normalized spacial score (nSPS) is 24.0. The van der Waals surface area contributed by atoms with Crippen molar-refractivity contribution in [3.05, 3.63) is 42.5 Å². The van der Waals surface area contributed by atoms with E-state index in [4.69, 9.17) is 31.5 Å². The minimum absolute atomic E-state index is 0.241. The Morgan fingerprint density at radius 1 is 1.12 bits per heavy atom. The number of ether oxygens (including phenoxy) is 3. The third-order valence-corrected chi connectivity index (χ3v) is 6.55. The summed E-state index contributed by atoms with van der Waals surface area (Å²) in [5.41, 5.74) is 0. The van der Waals surface area contributed by atoms with E-state index in [0.717, 1.165) is 37.9 Å². The zero-order valence-electron chi connectivity index (χ0n) is 18.6. The zero-order chi connectivity index (χ0) is 22.6. The molecule has 1 aromatic carbocycles. The van der Waals surface area contributed by atoms with Crippen molar-refractivity contribution < 1.29 is 24.1 Å². The zero-order valence-corrected chi connectivity index (χ0v) is 19.4. The fraction of sp³-hybridized carbons (Fsp3) is 0.600. The third kappa shape index (κ3) is 8.10. The first-order chi connectivity index (χ1) is 15.6. The maximum absolute atomic E-state index is 10.6. The molecule has 1 aromatic rings. The Kier molecular flexibility index (Phi) is 10.3. The van der Waals surface area contributed by atoms with E-state index in [0.29, 0.717) is 42.2 Å². The SMILES string of the molecule is O=C(O)CCC/C=C\C[C@@H]1[C@H](CCCCOC(=S)NCOc2ccccc2)[C@@H]2CC[C@H]1O2. The molecule has 2 heterocycles. The number of carbonyl (C=O) groups is 1. The summed E-state index contributed by atoms with van der Waals surface area (Å²) in [7, 11) is 0. The van der Waals surface area contributed by atoms with Gasteiger partial charge in [-0.2, -0.15) is 0 Å². The van der Waals surface area contributed by atoms with E-state index < -0.39 is 5.97 Å². The summed E-state index contributed by atoms with van der Waals surface area (Å²) >= 11 is 5.21. The summed E-state index contributed by atoms with van der Waals surface area (Å²) in [5.74, 6) is 1.27. The largest absolute Gasteiger partial charge is 0.481 e. The summed E-state index contributed by atoms with van der Waals surface area (Å²) in [4.78, 5) is 10.6. The van der Waals surface area contributed by atoms with Crippen LogP contribution in [0.3, 0.4) is 0 Å². The van der Waals surface area contributed by atoms with E-state index in [1.807, 2.05) is 30.3 Å². The van der Waals surface area contributed by atoms with Gasteiger partial charge in [-0.15, -0.1) is 0 Å². The highest BCUT2D eigenvalue weighted by atomic mass is 32.1. The Balaban J connectivity index is 1.26. The van der Waals surface area contributed by atoms with Gasteiger partial charge in [0.2, 0.25) is 0 Å². The molecule has 2 fully saturated rings. The van der Waals surface area contributed by atoms with Gasteiger partial charge in [-0.3, -0.25) is 4.79 Å². The van der Waals surface area contributed by atoms with Gasteiger partial charge in [0.15, 0.2) is 6.73 Å². The molecule has 2 aliphatic rings. The Morgan fingerprint density at radius 2 is 1.91 bits per heavy atom. The van der Waals surface area contributed by atoms with E-state index in [9.17, 15) is 4.79 Å². The lowest BCUT2D eigenvalue weighted by Crippen LogP contribution is -2.28. The van der Waals surface area contributed by atoms with Gasteiger partial charge in [0.05, 0.1) is 18.8 Å². The number of hydrogen-bond donors (Lipinski definition) is 2. The van der Waals surface area contributed by atoms with Crippen LogP contribution in [0.15, 0.2) is 42.5 Å². The maximum Gasteiger partial charge on any atom is 0.303 e. The van der Waals surface area contributed by atoms with E-state index in [2.05, 4.69) is 17.5 Å². The van der Waals surface area contributed by atoms with Crippen molar-refractivity contribution in [3.63, 3.8) is 0 Å². The van der Waals surface area contributed by atoms with Crippen molar-refractivity contribution in [2.24, 2.45) is 11.8 Å². The highest BCUT2D eigenvalue weighted by Gasteiger charge is 2.47. The molecule has 2 N–H and O–H groups in total. The molecule has 6 nitrogen and oxygen atoms in total. The minimum atomic E-state index is -0.721. The number of carboxylic acid groups (broad SMARTS) is 1. The summed E-state index contributed by atoms with van der Waals surface area (Å²) in [6.45, 7) is 0.893. The van der Waals surface area contributed by atoms with Crippen LogP contribution in [0.1, 0.15) is 57.8 Å². The summed E-state index contributed by atoms with van der Waals surface area (Å²) in [5, 5.41) is 12.0. The van der Waals surface area contributed by atoms with Crippen molar-refractivity contribution in [1.82, 2.24) is 5.32 Å². The van der Waals surface area contributed by atoms with E-state index in [1.54, 1.807) is 0 Å². The molecule has 0 amide bonds. The Morgan fingerprint density at radius 3 is 2.69 bits per heavy atom. The molecule has 2 bridgehead atoms. The van der Waals surface area contributed by atoms with E-state index in [1.165, 1.54) is 12.8 Å². The third-order valence-electron chi connectivity index (χ3n) is 6.29. The molecule has 0 aliphatic carbocycles. The molecule has 0 unspecified atom stereocenters. The fourth-order valence-corrected chi connectivity index (χ4v) is 4.87. The number of fused-ring (bicyclic) bond motifs is 2. The van der Waals surface area contributed by atoms with Crippen LogP contribution in [0.5, 0.6) is 5.75 Å². The van der Waals surface area contributed by atoms with Gasteiger partial charge in [0.25, 0.3) is 5.17 Å². The molecular formula is C25H35NO5S. The molecule has 4 atom stereocenters. The van der Waals surface area contributed by atoms with Crippen molar-refractivity contribution in [2.75, 3.05) is 13.3 Å². The first-order valence-electron chi connectivity index (χ1n) is 11.7. The van der Waals surface area contributed by atoms with Gasteiger partial charge < -0.3 is 24.6 Å². The topological polar surface area (TPSA) is 77.0 Å². The Hall–Kier alpha value is -2.12. The van der Waals surface area contributed by atoms with Crippen LogP contribution in [0, 0.1) is 11.8 Å². The number of hydrogen-bond acceptors (Lipinski definition) is 5. The number of allylic oxidation sites excluding steroid dienone is 2. The number of rotatable bonds is 14. The molecule has 2 aliphatic heterocycles. The molecule has 0 radical (unpaired) electrons. The lowest BCUT2D eigenvalue weighted by Gasteiger charge is -2.27. The molecule has 32 heavy (non-hydrogen) atoms. The smallest absolute Gasteiger partial charge is 0.303 e. The number of aliphatic carboxylic acids is 1. The monoisotopic (exact) mass is 461 g/mol. The first-order valence-corrected chi connectivity index (χ1v) is 12.1. The molecule has 0 aromatic heterocycles. The number of thiocarbonyl (C=S) groups is 1. The van der Waals surface area contributed by atoms with Gasteiger partial charge in [-0.05, 0) is 87.6 Å². The number of carboxylic acids is 1. The van der Waals surface area contributed by atoms with Gasteiger partial charge in [0.1, 0.15) is 5.75 Å². The second-order valence-corrected chi connectivity index (χ2v) is 8.89. The van der Waals surface area contributed by atoms with Gasteiger partial charge in [-0.1, -0.05) is 30.4 Å². The van der Waals surface area contributed by atoms with Gasteiger partial charge in [0, 0.05) is 6.42 Å². The quantitative estimate of drug-likeness (QED) is 0.173. The van der Waals surface area contributed by atoms with Gasteiger partial charge in [-0.25, -0.2) is 0 Å². The molecule has 176 valence electrons. The van der Waals surface area contributed by atoms with Crippen molar-refractivity contribution in [3.8, 4) is 5.75 Å².